The topological polar surface area (TPSA) is 109 Å². The maximum atomic E-state index is 13.1. The molecule has 9 nitrogen and oxygen atoms in total. The Morgan fingerprint density at radius 3 is 2.45 bits per heavy atom. The molecule has 4 aromatic rings. The Balaban J connectivity index is 1.70. The summed E-state index contributed by atoms with van der Waals surface area (Å²) in [6, 6.07) is 16.7. The number of carbonyl (C=O) groups is 2. The van der Waals surface area contributed by atoms with Gasteiger partial charge in [-0.2, -0.15) is 4.68 Å². The lowest BCUT2D eigenvalue weighted by atomic mass is 10.0. The fraction of sp³-hybridized carbons (Fsp3) is 0.167. The van der Waals surface area contributed by atoms with Crippen molar-refractivity contribution in [2.45, 2.75) is 20.5 Å². The van der Waals surface area contributed by atoms with Crippen molar-refractivity contribution in [1.29, 1.82) is 0 Å². The molecule has 0 aliphatic heterocycles. The number of para-hydroxylation sites is 1. The molecule has 0 atom stereocenters. The predicted molar refractivity (Wildman–Crippen MR) is 121 cm³/mol. The number of nitrogens with zero attached hydrogens (tertiary/aromatic N) is 5. The third-order valence-corrected chi connectivity index (χ3v) is 5.12. The van der Waals surface area contributed by atoms with Crippen LogP contribution in [0.3, 0.4) is 0 Å². The molecule has 33 heavy (non-hydrogen) atoms. The smallest absolute Gasteiger partial charge is 0.357 e. The number of pyridine rings is 1. The average molecular weight is 443 g/mol. The van der Waals surface area contributed by atoms with Crippen molar-refractivity contribution < 1.29 is 19.1 Å². The lowest BCUT2D eigenvalue weighted by molar-refractivity contribution is -0.138. The lowest BCUT2D eigenvalue weighted by Gasteiger charge is -2.14. The van der Waals surface area contributed by atoms with E-state index in [1.54, 1.807) is 13.0 Å². The number of aromatic nitrogens is 5. The van der Waals surface area contributed by atoms with Crippen LogP contribution in [0.5, 0.6) is 0 Å². The fourth-order valence-electron chi connectivity index (χ4n) is 3.49. The summed E-state index contributed by atoms with van der Waals surface area (Å²) in [5.74, 6) is -0.796. The van der Waals surface area contributed by atoms with Gasteiger partial charge in [0.1, 0.15) is 6.61 Å². The van der Waals surface area contributed by atoms with E-state index in [4.69, 9.17) is 9.47 Å². The summed E-state index contributed by atoms with van der Waals surface area (Å²) in [5.41, 5.74) is 2.87. The first-order valence-electron chi connectivity index (χ1n) is 10.2. The van der Waals surface area contributed by atoms with Gasteiger partial charge in [-0.3, -0.25) is 0 Å². The van der Waals surface area contributed by atoms with Gasteiger partial charge < -0.3 is 9.47 Å². The Morgan fingerprint density at radius 2 is 1.76 bits per heavy atom. The summed E-state index contributed by atoms with van der Waals surface area (Å²) < 4.78 is 11.8. The van der Waals surface area contributed by atoms with E-state index in [2.05, 4.69) is 20.5 Å². The minimum Gasteiger partial charge on any atom is -0.465 e. The van der Waals surface area contributed by atoms with Crippen molar-refractivity contribution in [2.24, 2.45) is 0 Å². The first kappa shape index (κ1) is 21.8. The second-order valence-electron chi connectivity index (χ2n) is 7.22. The molecule has 0 saturated carbocycles. The molecule has 166 valence electrons. The average Bonchev–Trinajstić information content (AvgIpc) is 3.26. The number of benzene rings is 2. The SMILES string of the molecule is COC(=O)c1c(COC(=O)/C(=C/c2ccccc2)n2nnnc2C)nc2ccccc2c1C. The molecular formula is C24H21N5O4. The summed E-state index contributed by atoms with van der Waals surface area (Å²) in [4.78, 5) is 30.2. The molecule has 9 heteroatoms. The zero-order valence-electron chi connectivity index (χ0n) is 18.3. The van der Waals surface area contributed by atoms with E-state index >= 15 is 0 Å². The highest BCUT2D eigenvalue weighted by Gasteiger charge is 2.23. The Hall–Kier alpha value is -4.40. The molecule has 2 heterocycles. The van der Waals surface area contributed by atoms with Gasteiger partial charge in [0.15, 0.2) is 11.5 Å². The molecule has 0 saturated heterocycles. The number of aryl methyl sites for hydroxylation is 2. The molecule has 0 amide bonds. The van der Waals surface area contributed by atoms with Crippen LogP contribution in [0.2, 0.25) is 0 Å². The van der Waals surface area contributed by atoms with Gasteiger partial charge in [0, 0.05) is 5.39 Å². The number of carbonyl (C=O) groups excluding carboxylic acids is 2. The molecule has 2 aromatic heterocycles. The summed E-state index contributed by atoms with van der Waals surface area (Å²) >= 11 is 0. The van der Waals surface area contributed by atoms with Crippen molar-refractivity contribution in [1.82, 2.24) is 25.2 Å². The summed E-state index contributed by atoms with van der Waals surface area (Å²) in [7, 11) is 1.30. The minimum absolute atomic E-state index is 0.126. The van der Waals surface area contributed by atoms with Crippen molar-refractivity contribution >= 4 is 34.6 Å². The van der Waals surface area contributed by atoms with Gasteiger partial charge >= 0.3 is 11.9 Å². The standard InChI is InChI=1S/C24H21N5O4/c1-15-18-11-7-8-12-19(18)25-20(22(15)24(31)32-3)14-33-23(30)21(29-16(2)26-27-28-29)13-17-9-5-4-6-10-17/h4-13H,14H2,1-3H3/b21-13-. The first-order valence-corrected chi connectivity index (χ1v) is 10.2. The van der Waals surface area contributed by atoms with E-state index in [-0.39, 0.29) is 17.9 Å². The highest BCUT2D eigenvalue weighted by atomic mass is 16.5. The van der Waals surface area contributed by atoms with Crippen molar-refractivity contribution in [2.75, 3.05) is 7.11 Å². The van der Waals surface area contributed by atoms with E-state index in [1.807, 2.05) is 61.5 Å². The quantitative estimate of drug-likeness (QED) is 0.330. The van der Waals surface area contributed by atoms with Crippen LogP contribution in [0.4, 0.5) is 0 Å². The zero-order chi connectivity index (χ0) is 23.4. The van der Waals surface area contributed by atoms with Crippen LogP contribution in [0.25, 0.3) is 22.7 Å². The van der Waals surface area contributed by atoms with Crippen molar-refractivity contribution in [3.63, 3.8) is 0 Å². The minimum atomic E-state index is -0.669. The Morgan fingerprint density at radius 1 is 1.03 bits per heavy atom. The van der Waals surface area contributed by atoms with Crippen LogP contribution < -0.4 is 0 Å². The molecule has 0 aliphatic rings. The molecule has 0 bridgehead atoms. The molecule has 0 unspecified atom stereocenters. The van der Waals surface area contributed by atoms with Gasteiger partial charge in [-0.05, 0) is 47.5 Å². The molecule has 0 radical (unpaired) electrons. The molecule has 4 rings (SSSR count). The van der Waals surface area contributed by atoms with E-state index in [1.165, 1.54) is 11.8 Å². The molecule has 0 N–H and O–H groups in total. The number of tetrazole rings is 1. The number of hydrogen-bond donors (Lipinski definition) is 0. The van der Waals surface area contributed by atoms with Crippen LogP contribution >= 0.6 is 0 Å². The lowest BCUT2D eigenvalue weighted by Crippen LogP contribution is -2.17. The van der Waals surface area contributed by atoms with E-state index in [0.29, 0.717) is 22.6 Å². The monoisotopic (exact) mass is 443 g/mol. The highest BCUT2D eigenvalue weighted by Crippen LogP contribution is 2.25. The number of fused-ring (bicyclic) bond motifs is 1. The largest absolute Gasteiger partial charge is 0.465 e. The van der Waals surface area contributed by atoms with Gasteiger partial charge in [-0.15, -0.1) is 5.10 Å². The zero-order valence-corrected chi connectivity index (χ0v) is 18.3. The summed E-state index contributed by atoms with van der Waals surface area (Å²) in [6.45, 7) is 3.25. The molecule has 0 aliphatic carbocycles. The van der Waals surface area contributed by atoms with Crippen LogP contribution in [0, 0.1) is 13.8 Å². The van der Waals surface area contributed by atoms with Crippen molar-refractivity contribution in [3.8, 4) is 0 Å². The normalized spacial score (nSPS) is 11.4. The van der Waals surface area contributed by atoms with Gasteiger partial charge in [0.25, 0.3) is 0 Å². The third-order valence-electron chi connectivity index (χ3n) is 5.12. The van der Waals surface area contributed by atoms with Crippen LogP contribution in [0.1, 0.15) is 33.0 Å². The maximum absolute atomic E-state index is 13.1. The number of ether oxygens (including phenoxy) is 2. The van der Waals surface area contributed by atoms with Gasteiger partial charge in [0.2, 0.25) is 0 Å². The Labute approximate surface area is 189 Å². The highest BCUT2D eigenvalue weighted by molar-refractivity contribution is 6.15. The maximum Gasteiger partial charge on any atom is 0.357 e. The number of esters is 2. The van der Waals surface area contributed by atoms with E-state index < -0.39 is 11.9 Å². The number of hydrogen-bond acceptors (Lipinski definition) is 8. The molecule has 2 aromatic carbocycles. The third kappa shape index (κ3) is 4.47. The summed E-state index contributed by atoms with van der Waals surface area (Å²) in [6.07, 6.45) is 1.63. The second-order valence-corrected chi connectivity index (χ2v) is 7.22. The molecule has 0 fully saturated rings. The number of methoxy groups -OCH3 is 1. The second kappa shape index (κ2) is 9.39. The van der Waals surface area contributed by atoms with Gasteiger partial charge in [-0.25, -0.2) is 14.6 Å². The molecule has 0 spiro atoms. The Bertz CT molecular complexity index is 1360. The molecular weight excluding hydrogens is 422 g/mol. The van der Waals surface area contributed by atoms with Crippen LogP contribution in [-0.4, -0.2) is 44.2 Å². The van der Waals surface area contributed by atoms with Gasteiger partial charge in [-0.1, -0.05) is 48.5 Å². The van der Waals surface area contributed by atoms with Crippen LogP contribution in [0.15, 0.2) is 54.6 Å². The van der Waals surface area contributed by atoms with Crippen LogP contribution in [-0.2, 0) is 20.9 Å². The number of rotatable bonds is 6. The summed E-state index contributed by atoms with van der Waals surface area (Å²) in [5, 5.41) is 12.2. The fourth-order valence-corrected chi connectivity index (χ4v) is 3.49. The van der Waals surface area contributed by atoms with E-state index in [9.17, 15) is 9.59 Å². The van der Waals surface area contributed by atoms with Crippen molar-refractivity contribution in [3.05, 3.63) is 82.8 Å². The predicted octanol–water partition coefficient (Wildman–Crippen LogP) is 3.37. The first-order chi connectivity index (χ1) is 16.0. The van der Waals surface area contributed by atoms with Gasteiger partial charge in [0.05, 0.1) is 23.9 Å². The van der Waals surface area contributed by atoms with E-state index in [0.717, 1.165) is 10.9 Å². The Kier molecular flexibility index (Phi) is 6.21.